The molecule has 1 aromatic carbocycles. The second-order valence-electron chi connectivity index (χ2n) is 7.87. The molecule has 116 valence electrons. The van der Waals surface area contributed by atoms with Gasteiger partial charge in [-0.05, 0) is 23.1 Å². The van der Waals surface area contributed by atoms with Gasteiger partial charge in [-0.2, -0.15) is 0 Å². The van der Waals surface area contributed by atoms with Gasteiger partial charge in [0.25, 0.3) is 0 Å². The molecule has 22 heavy (non-hydrogen) atoms. The molecular weight excluding hydrogens is 272 g/mol. The summed E-state index contributed by atoms with van der Waals surface area (Å²) in [5, 5.41) is 14.6. The summed E-state index contributed by atoms with van der Waals surface area (Å²) >= 11 is 0. The number of hydrogen-bond acceptors (Lipinski definition) is 1. The second kappa shape index (κ2) is 4.46. The molecule has 0 aliphatic carbocycles. The number of benzene rings is 1. The SMILES string of the molecule is CC(C)(C)C1=CC[N@@+]2([O-])CCc3c([nH]c4ccccc34)[C@@H]2C1. The Morgan fingerprint density at radius 3 is 2.77 bits per heavy atom. The van der Waals surface area contributed by atoms with Gasteiger partial charge in [0, 0.05) is 23.7 Å². The predicted octanol–water partition coefficient (Wildman–Crippen LogP) is 4.46. The van der Waals surface area contributed by atoms with Crippen molar-refractivity contribution in [3.8, 4) is 0 Å². The van der Waals surface area contributed by atoms with E-state index in [-0.39, 0.29) is 16.1 Å². The normalized spacial score (nSPS) is 28.2. The Morgan fingerprint density at radius 1 is 1.23 bits per heavy atom. The molecule has 3 nitrogen and oxygen atoms in total. The van der Waals surface area contributed by atoms with Crippen molar-refractivity contribution in [1.82, 2.24) is 4.98 Å². The van der Waals surface area contributed by atoms with Crippen molar-refractivity contribution < 1.29 is 4.65 Å². The quantitative estimate of drug-likeness (QED) is 0.435. The van der Waals surface area contributed by atoms with Crippen molar-refractivity contribution in [2.45, 2.75) is 39.7 Å². The van der Waals surface area contributed by atoms with Crippen molar-refractivity contribution in [2.75, 3.05) is 13.1 Å². The number of aromatic amines is 1. The molecule has 1 aromatic heterocycles. The number of quaternary nitrogens is 1. The summed E-state index contributed by atoms with van der Waals surface area (Å²) in [5.41, 5.74) is 5.31. The van der Waals surface area contributed by atoms with E-state index in [0.717, 1.165) is 12.8 Å². The maximum absolute atomic E-state index is 13.3. The molecule has 0 fully saturated rings. The molecule has 0 saturated heterocycles. The van der Waals surface area contributed by atoms with Crippen molar-refractivity contribution in [3.05, 3.63) is 52.4 Å². The smallest absolute Gasteiger partial charge is 0.134 e. The molecule has 0 unspecified atom stereocenters. The van der Waals surface area contributed by atoms with E-state index >= 15 is 0 Å². The first-order chi connectivity index (χ1) is 10.4. The van der Waals surface area contributed by atoms with Crippen LogP contribution in [-0.2, 0) is 6.42 Å². The van der Waals surface area contributed by atoms with E-state index in [0.29, 0.717) is 13.1 Å². The first-order valence-electron chi connectivity index (χ1n) is 8.25. The molecule has 4 rings (SSSR count). The number of aromatic nitrogens is 1. The van der Waals surface area contributed by atoms with Crippen LogP contribution in [0.2, 0.25) is 0 Å². The summed E-state index contributed by atoms with van der Waals surface area (Å²) in [6.45, 7) is 8.06. The number of hydrogen-bond donors (Lipinski definition) is 1. The fraction of sp³-hybridized carbons (Fsp3) is 0.474. The topological polar surface area (TPSA) is 38.8 Å². The maximum atomic E-state index is 13.3. The van der Waals surface area contributed by atoms with Gasteiger partial charge in [0.15, 0.2) is 0 Å². The molecule has 0 saturated carbocycles. The first-order valence-corrected chi connectivity index (χ1v) is 8.25. The number of H-pyrrole nitrogens is 1. The minimum Gasteiger partial charge on any atom is -0.632 e. The molecule has 0 bridgehead atoms. The van der Waals surface area contributed by atoms with Gasteiger partial charge in [-0.25, -0.2) is 0 Å². The highest BCUT2D eigenvalue weighted by Gasteiger charge is 2.42. The second-order valence-corrected chi connectivity index (χ2v) is 7.87. The first kappa shape index (κ1) is 14.0. The Bertz CT molecular complexity index is 765. The van der Waals surface area contributed by atoms with Crippen LogP contribution in [0, 0.1) is 10.6 Å². The minimum atomic E-state index is -0.0839. The summed E-state index contributed by atoms with van der Waals surface area (Å²) in [6.07, 6.45) is 3.97. The molecule has 2 atom stereocenters. The Kier molecular flexibility index (Phi) is 2.85. The standard InChI is InChI=1S/C19H24N2O/c1-19(2,3)13-8-10-21(22)11-9-15-14-6-4-5-7-16(14)20-18(15)17(21)12-13/h4-8,17,20H,9-12H2,1-3H3/t17-,21+/m0/s1. The third-order valence-corrected chi connectivity index (χ3v) is 5.51. The zero-order chi connectivity index (χ0) is 15.5. The minimum absolute atomic E-state index is 0.0374. The molecule has 1 N–H and O–H groups in total. The fourth-order valence-corrected chi connectivity index (χ4v) is 4.12. The van der Waals surface area contributed by atoms with Gasteiger partial charge in [-0.15, -0.1) is 0 Å². The van der Waals surface area contributed by atoms with Gasteiger partial charge in [-0.1, -0.05) is 44.5 Å². The molecule has 3 heterocycles. The highest BCUT2D eigenvalue weighted by Crippen LogP contribution is 2.47. The van der Waals surface area contributed by atoms with Crippen LogP contribution >= 0.6 is 0 Å². The Morgan fingerprint density at radius 2 is 2.00 bits per heavy atom. The molecular formula is C19H24N2O. The fourth-order valence-electron chi connectivity index (χ4n) is 4.12. The van der Waals surface area contributed by atoms with E-state index in [4.69, 9.17) is 0 Å². The van der Waals surface area contributed by atoms with Crippen LogP contribution in [-0.4, -0.2) is 22.7 Å². The molecule has 2 aliphatic heterocycles. The van der Waals surface area contributed by atoms with Crippen LogP contribution in [0.25, 0.3) is 10.9 Å². The van der Waals surface area contributed by atoms with Crippen molar-refractivity contribution >= 4 is 10.9 Å². The monoisotopic (exact) mass is 296 g/mol. The van der Waals surface area contributed by atoms with E-state index in [1.54, 1.807) is 0 Å². The van der Waals surface area contributed by atoms with Crippen molar-refractivity contribution in [2.24, 2.45) is 5.41 Å². The number of rotatable bonds is 0. The van der Waals surface area contributed by atoms with Crippen LogP contribution in [0.5, 0.6) is 0 Å². The van der Waals surface area contributed by atoms with Gasteiger partial charge < -0.3 is 14.8 Å². The number of hydroxylamine groups is 3. The highest BCUT2D eigenvalue weighted by molar-refractivity contribution is 5.85. The lowest BCUT2D eigenvalue weighted by Gasteiger charge is -2.53. The average molecular weight is 296 g/mol. The van der Waals surface area contributed by atoms with Crippen LogP contribution in [0.15, 0.2) is 35.9 Å². The van der Waals surface area contributed by atoms with Crippen molar-refractivity contribution in [1.29, 1.82) is 0 Å². The third-order valence-electron chi connectivity index (χ3n) is 5.51. The molecule has 3 heteroatoms. The number of para-hydroxylation sites is 1. The summed E-state index contributed by atoms with van der Waals surface area (Å²) < 4.78 is -0.0839. The Labute approximate surface area is 131 Å². The van der Waals surface area contributed by atoms with Crippen LogP contribution in [0.1, 0.15) is 44.5 Å². The molecule has 2 aliphatic rings. The van der Waals surface area contributed by atoms with Gasteiger partial charge in [0.05, 0.1) is 18.8 Å². The molecule has 0 amide bonds. The summed E-state index contributed by atoms with van der Waals surface area (Å²) in [6, 6.07) is 8.49. The zero-order valence-electron chi connectivity index (χ0n) is 13.6. The lowest BCUT2D eigenvalue weighted by Crippen LogP contribution is -2.52. The number of nitrogens with one attached hydrogen (secondary N) is 1. The van der Waals surface area contributed by atoms with Gasteiger partial charge in [-0.3, -0.25) is 0 Å². The van der Waals surface area contributed by atoms with E-state index in [1.807, 2.05) is 0 Å². The number of fused-ring (bicyclic) bond motifs is 5. The van der Waals surface area contributed by atoms with Crippen molar-refractivity contribution in [3.63, 3.8) is 0 Å². The Hall–Kier alpha value is -1.58. The zero-order valence-corrected chi connectivity index (χ0v) is 13.6. The predicted molar refractivity (Wildman–Crippen MR) is 90.3 cm³/mol. The lowest BCUT2D eigenvalue weighted by atomic mass is 9.78. The third kappa shape index (κ3) is 1.96. The number of nitrogens with zero attached hydrogens (tertiary/aromatic N) is 1. The molecule has 2 aromatic rings. The van der Waals surface area contributed by atoms with Gasteiger partial charge >= 0.3 is 0 Å². The summed E-state index contributed by atoms with van der Waals surface area (Å²) in [5.74, 6) is 0. The molecule has 0 radical (unpaired) electrons. The van der Waals surface area contributed by atoms with E-state index in [9.17, 15) is 5.21 Å². The summed E-state index contributed by atoms with van der Waals surface area (Å²) in [7, 11) is 0. The van der Waals surface area contributed by atoms with Crippen LogP contribution in [0.4, 0.5) is 0 Å². The average Bonchev–Trinajstić information content (AvgIpc) is 2.84. The highest BCUT2D eigenvalue weighted by atomic mass is 16.5. The van der Waals surface area contributed by atoms with Gasteiger partial charge in [0.2, 0.25) is 0 Å². The van der Waals surface area contributed by atoms with Crippen LogP contribution in [0.3, 0.4) is 0 Å². The van der Waals surface area contributed by atoms with E-state index in [1.165, 1.54) is 27.7 Å². The largest absolute Gasteiger partial charge is 0.632 e. The maximum Gasteiger partial charge on any atom is 0.134 e. The van der Waals surface area contributed by atoms with E-state index in [2.05, 4.69) is 56.1 Å². The van der Waals surface area contributed by atoms with Crippen LogP contribution < -0.4 is 0 Å². The molecule has 0 spiro atoms. The van der Waals surface area contributed by atoms with Gasteiger partial charge in [0.1, 0.15) is 6.04 Å². The Balaban J connectivity index is 1.84. The lowest BCUT2D eigenvalue weighted by molar-refractivity contribution is -0.910. The van der Waals surface area contributed by atoms with E-state index < -0.39 is 0 Å². The summed E-state index contributed by atoms with van der Waals surface area (Å²) in [4.78, 5) is 3.57.